The van der Waals surface area contributed by atoms with E-state index in [9.17, 15) is 40.5 Å². The summed E-state index contributed by atoms with van der Waals surface area (Å²) in [6.45, 7) is 0. The van der Waals surface area contributed by atoms with Gasteiger partial charge < -0.3 is 0 Å². The average Bonchev–Trinajstić information content (AvgIpc) is 3.41. The molecule has 0 fully saturated rings. The monoisotopic (exact) mass is 536 g/mol. The Labute approximate surface area is 202 Å². The molecule has 0 bridgehead atoms. The summed E-state index contributed by atoms with van der Waals surface area (Å²) < 4.78 is -5.91. The van der Waals surface area contributed by atoms with Crippen molar-refractivity contribution in [1.82, 2.24) is 0 Å². The van der Waals surface area contributed by atoms with Crippen LogP contribution in [-0.2, 0) is 0 Å². The van der Waals surface area contributed by atoms with Crippen LogP contribution in [0, 0.1) is 40.5 Å². The van der Waals surface area contributed by atoms with Crippen molar-refractivity contribution >= 4 is 52.7 Å². The summed E-state index contributed by atoms with van der Waals surface area (Å²) in [6, 6.07) is 15.8. The van der Waals surface area contributed by atoms with Crippen LogP contribution < -0.4 is 0 Å². The SMILES string of the molecule is O=[N+]([O-])S1([N+](=O)[O-])C=C(c2ccccc2)N=C1SC1=NC(c2ccccc2)=CS1([N+](=O)[O-])[N+](=O)[O-]. The molecule has 2 aromatic carbocycles. The number of thioether (sulfide) groups is 1. The first-order valence-electron chi connectivity index (χ1n) is 9.27. The molecule has 0 amide bonds. The van der Waals surface area contributed by atoms with E-state index >= 15 is 0 Å². The number of hydrogen-bond donors (Lipinski definition) is 0. The molecule has 0 saturated carbocycles. The van der Waals surface area contributed by atoms with Gasteiger partial charge in [-0.25, -0.2) is 50.4 Å². The van der Waals surface area contributed by atoms with Gasteiger partial charge in [0.2, 0.25) is 0 Å². The smallest absolute Gasteiger partial charge is 0.247 e. The molecule has 14 nitrogen and oxygen atoms in total. The Bertz CT molecular complexity index is 1260. The van der Waals surface area contributed by atoms with E-state index in [4.69, 9.17) is 0 Å². The molecule has 0 atom stereocenters. The Balaban J connectivity index is 1.87. The van der Waals surface area contributed by atoms with Crippen LogP contribution in [0.4, 0.5) is 0 Å². The Kier molecular flexibility index (Phi) is 6.14. The van der Waals surface area contributed by atoms with Gasteiger partial charge >= 0.3 is 20.8 Å². The average molecular weight is 537 g/mol. The van der Waals surface area contributed by atoms with E-state index in [0.29, 0.717) is 11.1 Å². The number of nitro groups is 4. The van der Waals surface area contributed by atoms with Crippen LogP contribution in [0.3, 0.4) is 0 Å². The lowest BCUT2D eigenvalue weighted by Gasteiger charge is -2.17. The van der Waals surface area contributed by atoms with Gasteiger partial charge in [-0.15, -0.1) is 0 Å². The fourth-order valence-corrected chi connectivity index (χ4v) is 8.87. The number of rotatable bonds is 6. The minimum absolute atomic E-state index is 0.0888. The lowest BCUT2D eigenvalue weighted by Crippen LogP contribution is -2.26. The van der Waals surface area contributed by atoms with Crippen LogP contribution >= 0.6 is 32.6 Å². The Morgan fingerprint density at radius 1 is 0.571 bits per heavy atom. The third-order valence-corrected chi connectivity index (χ3v) is 11.3. The van der Waals surface area contributed by atoms with Gasteiger partial charge in [0, 0.05) is 11.1 Å². The maximum absolute atomic E-state index is 12.0. The Hall–Kier alpha value is -4.09. The van der Waals surface area contributed by atoms with Crippen molar-refractivity contribution in [2.75, 3.05) is 0 Å². The predicted molar refractivity (Wildman–Crippen MR) is 134 cm³/mol. The topological polar surface area (TPSA) is 197 Å². The molecule has 0 unspecified atom stereocenters. The Morgan fingerprint density at radius 3 is 1.17 bits per heavy atom. The highest BCUT2D eigenvalue weighted by Gasteiger charge is 2.64. The van der Waals surface area contributed by atoms with E-state index in [1.165, 1.54) is 24.3 Å². The fraction of sp³-hybridized carbons (Fsp3) is 0. The summed E-state index contributed by atoms with van der Waals surface area (Å²) in [6.07, 6.45) is 0. The summed E-state index contributed by atoms with van der Waals surface area (Å²) in [5.74, 6) is 0. The first-order chi connectivity index (χ1) is 16.6. The van der Waals surface area contributed by atoms with E-state index in [2.05, 4.69) is 9.98 Å². The lowest BCUT2D eigenvalue weighted by molar-refractivity contribution is -0.402. The van der Waals surface area contributed by atoms with Crippen LogP contribution in [0.1, 0.15) is 11.1 Å². The highest BCUT2D eigenvalue weighted by Crippen LogP contribution is 2.66. The standard InChI is InChI=1S/C18H12N6O8S3/c25-21(26)34(22(27)28)11-15(13-7-3-1-4-8-13)19-17(34)33-18-20-16(14-9-5-2-6-10-14)12-35(18,23(29)30)24(31)32/h1-12H. The second-order valence-electron chi connectivity index (χ2n) is 6.68. The summed E-state index contributed by atoms with van der Waals surface area (Å²) >= 11 is 0.142. The highest BCUT2D eigenvalue weighted by molar-refractivity contribution is 8.65. The molecule has 180 valence electrons. The van der Waals surface area contributed by atoms with Crippen LogP contribution in [0.25, 0.3) is 11.4 Å². The number of nitrogens with zero attached hydrogens (tertiary/aromatic N) is 6. The van der Waals surface area contributed by atoms with Crippen LogP contribution in [0.5, 0.6) is 0 Å². The maximum Gasteiger partial charge on any atom is 0.356 e. The zero-order valence-electron chi connectivity index (χ0n) is 17.1. The molecule has 0 aliphatic carbocycles. The molecule has 0 radical (unpaired) electrons. The molecular weight excluding hydrogens is 524 g/mol. The maximum atomic E-state index is 12.0. The van der Waals surface area contributed by atoms with Crippen molar-refractivity contribution in [2.24, 2.45) is 9.98 Å². The quantitative estimate of drug-likeness (QED) is 0.366. The highest BCUT2D eigenvalue weighted by atomic mass is 32.3. The number of benzene rings is 2. The largest absolute Gasteiger partial charge is 0.356 e. The number of hydrogen-bond acceptors (Lipinski definition) is 11. The molecule has 2 heterocycles. The zero-order chi connectivity index (χ0) is 25.4. The van der Waals surface area contributed by atoms with Crippen molar-refractivity contribution in [3.05, 3.63) is 123 Å². The minimum atomic E-state index is -4.24. The van der Waals surface area contributed by atoms with Gasteiger partial charge in [0.15, 0.2) is 0 Å². The third-order valence-electron chi connectivity index (χ3n) is 4.71. The van der Waals surface area contributed by atoms with Crippen molar-refractivity contribution in [3.63, 3.8) is 0 Å². The summed E-state index contributed by atoms with van der Waals surface area (Å²) in [4.78, 5) is 56.1. The zero-order valence-corrected chi connectivity index (χ0v) is 19.6. The van der Waals surface area contributed by atoms with Crippen molar-refractivity contribution < 1.29 is 17.3 Å². The molecular formula is C18H12N6O8S3. The molecule has 0 saturated heterocycles. The lowest BCUT2D eigenvalue weighted by atomic mass is 10.2. The van der Waals surface area contributed by atoms with Crippen LogP contribution in [0.2, 0.25) is 0 Å². The van der Waals surface area contributed by atoms with E-state index in [0.717, 1.165) is 10.8 Å². The van der Waals surface area contributed by atoms with Crippen molar-refractivity contribution in [2.45, 2.75) is 0 Å². The molecule has 2 aliphatic rings. The van der Waals surface area contributed by atoms with Crippen LogP contribution in [0.15, 0.2) is 81.5 Å². The number of aliphatic imine (C=N–C) groups is 2. The van der Waals surface area contributed by atoms with Crippen molar-refractivity contribution in [1.29, 1.82) is 0 Å². The second-order valence-corrected chi connectivity index (χ2v) is 13.0. The van der Waals surface area contributed by atoms with E-state index in [-0.39, 0.29) is 23.2 Å². The van der Waals surface area contributed by atoms with Gasteiger partial charge in [-0.2, -0.15) is 0 Å². The molecule has 0 N–H and O–H groups in total. The predicted octanol–water partition coefficient (Wildman–Crippen LogP) is 4.83. The van der Waals surface area contributed by atoms with Gasteiger partial charge in [-0.3, -0.25) is 0 Å². The molecule has 4 rings (SSSR count). The molecule has 0 aromatic heterocycles. The first-order valence-corrected chi connectivity index (χ1v) is 13.3. The second kappa shape index (κ2) is 8.93. The molecule has 2 aliphatic heterocycles. The van der Waals surface area contributed by atoms with Gasteiger partial charge in [-0.05, 0) is 11.8 Å². The van der Waals surface area contributed by atoms with E-state index in [1.807, 2.05) is 0 Å². The van der Waals surface area contributed by atoms with Crippen LogP contribution in [-0.4, -0.2) is 26.1 Å². The summed E-state index contributed by atoms with van der Waals surface area (Å²) in [7, 11) is -8.49. The van der Waals surface area contributed by atoms with Gasteiger partial charge in [-0.1, -0.05) is 60.7 Å². The first kappa shape index (κ1) is 24.0. The minimum Gasteiger partial charge on any atom is -0.247 e. The third kappa shape index (κ3) is 3.84. The van der Waals surface area contributed by atoms with Gasteiger partial charge in [0.25, 0.3) is 8.75 Å². The van der Waals surface area contributed by atoms with E-state index < -0.39 is 46.9 Å². The Morgan fingerprint density at radius 2 is 0.886 bits per heavy atom. The van der Waals surface area contributed by atoms with Crippen molar-refractivity contribution in [3.8, 4) is 0 Å². The van der Waals surface area contributed by atoms with E-state index in [1.54, 1.807) is 36.4 Å². The molecule has 2 aromatic rings. The molecule has 35 heavy (non-hydrogen) atoms. The fourth-order valence-electron chi connectivity index (χ4n) is 3.06. The normalized spacial score (nSPS) is 19.4. The summed E-state index contributed by atoms with van der Waals surface area (Å²) in [5.41, 5.74) is 0.493. The van der Waals surface area contributed by atoms with Gasteiger partial charge in [0.05, 0.1) is 11.4 Å². The molecule has 0 spiro atoms. The molecule has 17 heteroatoms. The van der Waals surface area contributed by atoms with Gasteiger partial charge in [0.1, 0.15) is 28.1 Å². The summed E-state index contributed by atoms with van der Waals surface area (Å²) in [5, 5.41) is 49.5.